The molecule has 0 aliphatic heterocycles. The molecule has 0 radical (unpaired) electrons. The van der Waals surface area contributed by atoms with E-state index in [1.807, 2.05) is 0 Å². The van der Waals surface area contributed by atoms with Crippen LogP contribution in [0.1, 0.15) is 48.9 Å². The van der Waals surface area contributed by atoms with Crippen molar-refractivity contribution in [3.8, 4) is 5.75 Å². The first-order chi connectivity index (χ1) is 11.7. The smallest absolute Gasteiger partial charge is 0.255 e. The molecule has 1 aromatic carbocycles. The van der Waals surface area contributed by atoms with Crippen LogP contribution in [0.25, 0.3) is 0 Å². The molecule has 1 aliphatic carbocycles. The molecule has 0 bridgehead atoms. The number of para-hydroxylation sites is 1. The molecule has 1 saturated carbocycles. The molecule has 1 aliphatic rings. The number of hydrogen-bond acceptors (Lipinski definition) is 4. The maximum atomic E-state index is 12.3. The molecule has 1 fully saturated rings. The molecule has 0 unspecified atom stereocenters. The van der Waals surface area contributed by atoms with Gasteiger partial charge in [0.2, 0.25) is 0 Å². The molecular weight excluding hydrogens is 306 g/mol. The van der Waals surface area contributed by atoms with Gasteiger partial charge < -0.3 is 21.1 Å². The van der Waals surface area contributed by atoms with Gasteiger partial charge in [0.1, 0.15) is 5.75 Å². The zero-order valence-corrected chi connectivity index (χ0v) is 14.1. The van der Waals surface area contributed by atoms with Gasteiger partial charge in [-0.3, -0.25) is 9.59 Å². The van der Waals surface area contributed by atoms with Gasteiger partial charge in [-0.05, 0) is 25.0 Å². The van der Waals surface area contributed by atoms with E-state index >= 15 is 0 Å². The van der Waals surface area contributed by atoms with Crippen molar-refractivity contribution in [2.24, 2.45) is 5.73 Å². The van der Waals surface area contributed by atoms with E-state index in [1.165, 1.54) is 38.5 Å². The van der Waals surface area contributed by atoms with Gasteiger partial charge in [0.25, 0.3) is 11.8 Å². The zero-order chi connectivity index (χ0) is 17.2. The third kappa shape index (κ3) is 6.20. The van der Waals surface area contributed by atoms with Crippen LogP contribution in [0.5, 0.6) is 5.75 Å². The van der Waals surface area contributed by atoms with Gasteiger partial charge in [-0.15, -0.1) is 0 Å². The predicted molar refractivity (Wildman–Crippen MR) is 93.0 cm³/mol. The minimum absolute atomic E-state index is 0.210. The van der Waals surface area contributed by atoms with E-state index in [0.717, 1.165) is 6.54 Å². The minimum atomic E-state index is -0.571. The molecule has 4 N–H and O–H groups in total. The zero-order valence-electron chi connectivity index (χ0n) is 14.1. The Labute approximate surface area is 143 Å². The van der Waals surface area contributed by atoms with Crippen LogP contribution in [0.4, 0.5) is 0 Å². The molecule has 6 heteroatoms. The summed E-state index contributed by atoms with van der Waals surface area (Å²) in [5, 5.41) is 6.40. The normalized spacial score (nSPS) is 15.5. The van der Waals surface area contributed by atoms with Crippen molar-refractivity contribution in [2.75, 3.05) is 19.7 Å². The fraction of sp³-hybridized carbons (Fsp3) is 0.556. The van der Waals surface area contributed by atoms with E-state index in [9.17, 15) is 9.59 Å². The highest BCUT2D eigenvalue weighted by atomic mass is 16.5. The van der Waals surface area contributed by atoms with Crippen molar-refractivity contribution in [1.82, 2.24) is 10.6 Å². The topological polar surface area (TPSA) is 93.5 Å². The van der Waals surface area contributed by atoms with Gasteiger partial charge in [0.05, 0.1) is 5.56 Å². The molecule has 0 atom stereocenters. The third-order valence-corrected chi connectivity index (χ3v) is 4.20. The highest BCUT2D eigenvalue weighted by molar-refractivity contribution is 5.97. The Morgan fingerprint density at radius 2 is 1.79 bits per heavy atom. The number of primary amides is 1. The van der Waals surface area contributed by atoms with Gasteiger partial charge in [0, 0.05) is 19.1 Å². The molecule has 2 amide bonds. The van der Waals surface area contributed by atoms with Crippen molar-refractivity contribution in [3.63, 3.8) is 0 Å². The Kier molecular flexibility index (Phi) is 7.55. The fourth-order valence-electron chi connectivity index (χ4n) is 2.96. The number of ether oxygens (including phenoxy) is 1. The standard InChI is InChI=1S/C18H27N3O3/c19-17(22)13-24-16-10-6-5-9-15(16)18(23)21-12-11-20-14-7-3-1-2-4-8-14/h5-6,9-10,14,20H,1-4,7-8,11-13H2,(H2,19,22)(H,21,23). The summed E-state index contributed by atoms with van der Waals surface area (Å²) >= 11 is 0. The number of carbonyl (C=O) groups excluding carboxylic acids is 2. The number of hydrogen-bond donors (Lipinski definition) is 3. The maximum Gasteiger partial charge on any atom is 0.255 e. The van der Waals surface area contributed by atoms with Crippen molar-refractivity contribution in [3.05, 3.63) is 29.8 Å². The number of nitrogens with one attached hydrogen (secondary N) is 2. The summed E-state index contributed by atoms with van der Waals surface area (Å²) < 4.78 is 5.28. The fourth-order valence-corrected chi connectivity index (χ4v) is 2.96. The van der Waals surface area contributed by atoms with Crippen LogP contribution in [0.3, 0.4) is 0 Å². The second-order valence-electron chi connectivity index (χ2n) is 6.15. The van der Waals surface area contributed by atoms with E-state index in [-0.39, 0.29) is 12.5 Å². The van der Waals surface area contributed by atoms with Crippen LogP contribution in [0, 0.1) is 0 Å². The van der Waals surface area contributed by atoms with Gasteiger partial charge in [-0.1, -0.05) is 37.8 Å². The van der Waals surface area contributed by atoms with E-state index in [4.69, 9.17) is 10.5 Å². The monoisotopic (exact) mass is 333 g/mol. The van der Waals surface area contributed by atoms with Crippen LogP contribution in [0.2, 0.25) is 0 Å². The van der Waals surface area contributed by atoms with Crippen LogP contribution in [0.15, 0.2) is 24.3 Å². The van der Waals surface area contributed by atoms with E-state index in [2.05, 4.69) is 10.6 Å². The second-order valence-corrected chi connectivity index (χ2v) is 6.15. The van der Waals surface area contributed by atoms with E-state index in [1.54, 1.807) is 24.3 Å². The Hall–Kier alpha value is -2.08. The number of benzene rings is 1. The van der Waals surface area contributed by atoms with Crippen LogP contribution >= 0.6 is 0 Å². The molecule has 2 rings (SSSR count). The summed E-state index contributed by atoms with van der Waals surface area (Å²) in [4.78, 5) is 23.1. The molecule has 24 heavy (non-hydrogen) atoms. The molecule has 0 heterocycles. The van der Waals surface area contributed by atoms with Crippen molar-refractivity contribution in [1.29, 1.82) is 0 Å². The van der Waals surface area contributed by atoms with Crippen molar-refractivity contribution < 1.29 is 14.3 Å². The molecule has 0 saturated heterocycles. The Morgan fingerprint density at radius 3 is 2.50 bits per heavy atom. The average Bonchev–Trinajstić information content (AvgIpc) is 2.85. The first-order valence-corrected chi connectivity index (χ1v) is 8.68. The van der Waals surface area contributed by atoms with E-state index < -0.39 is 5.91 Å². The largest absolute Gasteiger partial charge is 0.483 e. The summed E-state index contributed by atoms with van der Waals surface area (Å²) in [7, 11) is 0. The summed E-state index contributed by atoms with van der Waals surface area (Å²) in [6.07, 6.45) is 7.67. The summed E-state index contributed by atoms with van der Waals surface area (Å²) in [5.74, 6) is -0.416. The van der Waals surface area contributed by atoms with Crippen LogP contribution in [-0.2, 0) is 4.79 Å². The van der Waals surface area contributed by atoms with Gasteiger partial charge in [-0.2, -0.15) is 0 Å². The first kappa shape index (κ1) is 18.3. The van der Waals surface area contributed by atoms with Crippen molar-refractivity contribution >= 4 is 11.8 Å². The molecule has 6 nitrogen and oxygen atoms in total. The average molecular weight is 333 g/mol. The highest BCUT2D eigenvalue weighted by Crippen LogP contribution is 2.18. The molecule has 1 aromatic rings. The Balaban J connectivity index is 1.76. The lowest BCUT2D eigenvalue weighted by molar-refractivity contribution is -0.119. The van der Waals surface area contributed by atoms with Gasteiger partial charge >= 0.3 is 0 Å². The maximum absolute atomic E-state index is 12.3. The summed E-state index contributed by atoms with van der Waals surface area (Å²) in [6.45, 7) is 1.06. The first-order valence-electron chi connectivity index (χ1n) is 8.68. The second kappa shape index (κ2) is 9.93. The number of rotatable bonds is 8. The SMILES string of the molecule is NC(=O)COc1ccccc1C(=O)NCCNC1CCCCCC1. The number of amides is 2. The lowest BCUT2D eigenvalue weighted by Crippen LogP contribution is -2.37. The molecule has 132 valence electrons. The molecule has 0 aromatic heterocycles. The van der Waals surface area contributed by atoms with Gasteiger partial charge in [0.15, 0.2) is 6.61 Å². The lowest BCUT2D eigenvalue weighted by Gasteiger charge is -2.16. The van der Waals surface area contributed by atoms with Crippen LogP contribution < -0.4 is 21.1 Å². The lowest BCUT2D eigenvalue weighted by atomic mass is 10.1. The molecule has 0 spiro atoms. The quantitative estimate of drug-likeness (QED) is 0.497. The predicted octanol–water partition coefficient (Wildman–Crippen LogP) is 1.59. The highest BCUT2D eigenvalue weighted by Gasteiger charge is 2.13. The summed E-state index contributed by atoms with van der Waals surface area (Å²) in [6, 6.07) is 7.40. The van der Waals surface area contributed by atoms with E-state index in [0.29, 0.717) is 23.9 Å². The van der Waals surface area contributed by atoms with Crippen LogP contribution in [-0.4, -0.2) is 37.6 Å². The molecular formula is C18H27N3O3. The Bertz CT molecular complexity index is 540. The number of carbonyl (C=O) groups is 2. The third-order valence-electron chi connectivity index (χ3n) is 4.20. The number of nitrogens with two attached hydrogens (primary N) is 1. The van der Waals surface area contributed by atoms with Crippen molar-refractivity contribution in [2.45, 2.75) is 44.6 Å². The summed E-state index contributed by atoms with van der Waals surface area (Å²) in [5.41, 5.74) is 5.48. The van der Waals surface area contributed by atoms with Gasteiger partial charge in [-0.25, -0.2) is 0 Å². The Morgan fingerprint density at radius 1 is 1.08 bits per heavy atom. The minimum Gasteiger partial charge on any atom is -0.483 e.